The van der Waals surface area contributed by atoms with Crippen molar-refractivity contribution in [2.24, 2.45) is 0 Å². The predicted octanol–water partition coefficient (Wildman–Crippen LogP) is 2.97. The fraction of sp³-hybridized carbons (Fsp3) is 0.176. The van der Waals surface area contributed by atoms with Crippen LogP contribution in [0.1, 0.15) is 11.1 Å². The van der Waals surface area contributed by atoms with Crippen molar-refractivity contribution in [1.82, 2.24) is 10.6 Å². The fourth-order valence-corrected chi connectivity index (χ4v) is 2.41. The molecule has 0 fully saturated rings. The van der Waals surface area contributed by atoms with Crippen molar-refractivity contribution in [3.05, 3.63) is 69.7 Å². The van der Waals surface area contributed by atoms with E-state index in [1.165, 1.54) is 0 Å². The Bertz CT molecular complexity index is 704. The molecular weight excluding hydrogens is 335 g/mol. The summed E-state index contributed by atoms with van der Waals surface area (Å²) in [6, 6.07) is 14.5. The van der Waals surface area contributed by atoms with Crippen LogP contribution < -0.4 is 10.6 Å². The van der Waals surface area contributed by atoms with Gasteiger partial charge in [-0.15, -0.1) is 0 Å². The van der Waals surface area contributed by atoms with Gasteiger partial charge < -0.3 is 10.6 Å². The van der Waals surface area contributed by atoms with E-state index in [4.69, 9.17) is 23.2 Å². The molecule has 6 heteroatoms. The minimum atomic E-state index is -0.684. The first-order chi connectivity index (χ1) is 11.1. The van der Waals surface area contributed by atoms with Crippen molar-refractivity contribution in [3.63, 3.8) is 0 Å². The maximum Gasteiger partial charge on any atom is 0.309 e. The minimum absolute atomic E-state index is 0.209. The van der Waals surface area contributed by atoms with Crippen LogP contribution in [0.3, 0.4) is 0 Å². The van der Waals surface area contributed by atoms with Crippen LogP contribution in [0.25, 0.3) is 0 Å². The number of amides is 2. The van der Waals surface area contributed by atoms with E-state index in [-0.39, 0.29) is 6.54 Å². The Morgan fingerprint density at radius 2 is 1.65 bits per heavy atom. The molecular formula is C17H16Cl2N2O2. The maximum atomic E-state index is 11.7. The summed E-state index contributed by atoms with van der Waals surface area (Å²) in [5, 5.41) is 6.31. The summed E-state index contributed by atoms with van der Waals surface area (Å²) >= 11 is 11.9. The van der Waals surface area contributed by atoms with Crippen molar-refractivity contribution in [3.8, 4) is 0 Å². The SMILES string of the molecule is O=C(NCCc1cccc(Cl)c1)C(=O)NCc1ccccc1Cl. The van der Waals surface area contributed by atoms with Crippen molar-refractivity contribution < 1.29 is 9.59 Å². The van der Waals surface area contributed by atoms with Crippen LogP contribution in [0, 0.1) is 0 Å². The third kappa shape index (κ3) is 5.58. The smallest absolute Gasteiger partial charge is 0.309 e. The first kappa shape index (κ1) is 17.3. The van der Waals surface area contributed by atoms with Gasteiger partial charge in [0.1, 0.15) is 0 Å². The van der Waals surface area contributed by atoms with Gasteiger partial charge in [0.15, 0.2) is 0 Å². The fourth-order valence-electron chi connectivity index (χ4n) is 1.99. The molecule has 0 atom stereocenters. The van der Waals surface area contributed by atoms with Gasteiger partial charge in [-0.25, -0.2) is 0 Å². The average molecular weight is 351 g/mol. The number of halogens is 2. The monoisotopic (exact) mass is 350 g/mol. The summed E-state index contributed by atoms with van der Waals surface area (Å²) in [6.45, 7) is 0.568. The maximum absolute atomic E-state index is 11.7. The summed E-state index contributed by atoms with van der Waals surface area (Å²) in [7, 11) is 0. The zero-order valence-corrected chi connectivity index (χ0v) is 13.8. The van der Waals surface area contributed by atoms with E-state index in [9.17, 15) is 9.59 Å². The van der Waals surface area contributed by atoms with Gasteiger partial charge in [-0.3, -0.25) is 9.59 Å². The Morgan fingerprint density at radius 3 is 2.39 bits per heavy atom. The first-order valence-electron chi connectivity index (χ1n) is 7.10. The molecule has 0 aliphatic heterocycles. The van der Waals surface area contributed by atoms with Crippen LogP contribution >= 0.6 is 23.2 Å². The van der Waals surface area contributed by atoms with E-state index in [1.54, 1.807) is 24.3 Å². The minimum Gasteiger partial charge on any atom is -0.348 e. The summed E-state index contributed by atoms with van der Waals surface area (Å²) in [5.74, 6) is -1.35. The van der Waals surface area contributed by atoms with E-state index in [2.05, 4.69) is 10.6 Å². The normalized spacial score (nSPS) is 10.2. The molecule has 0 bridgehead atoms. The molecule has 0 heterocycles. The second kappa shape index (κ2) is 8.56. The van der Waals surface area contributed by atoms with Crippen LogP contribution in [-0.4, -0.2) is 18.4 Å². The van der Waals surface area contributed by atoms with Crippen molar-refractivity contribution in [2.75, 3.05) is 6.54 Å². The third-order valence-electron chi connectivity index (χ3n) is 3.19. The number of carbonyl (C=O) groups is 2. The number of hydrogen-bond donors (Lipinski definition) is 2. The Labute approximate surface area is 144 Å². The molecule has 0 spiro atoms. The van der Waals surface area contributed by atoms with E-state index in [1.807, 2.05) is 24.3 Å². The van der Waals surface area contributed by atoms with E-state index in [0.29, 0.717) is 23.0 Å². The predicted molar refractivity (Wildman–Crippen MR) is 91.5 cm³/mol. The molecule has 0 saturated heterocycles. The molecule has 23 heavy (non-hydrogen) atoms. The zero-order valence-electron chi connectivity index (χ0n) is 12.3. The Morgan fingerprint density at radius 1 is 0.913 bits per heavy atom. The van der Waals surface area contributed by atoms with E-state index < -0.39 is 11.8 Å². The Kier molecular flexibility index (Phi) is 6.44. The topological polar surface area (TPSA) is 58.2 Å². The van der Waals surface area contributed by atoms with Crippen molar-refractivity contribution in [1.29, 1.82) is 0 Å². The highest BCUT2D eigenvalue weighted by atomic mass is 35.5. The lowest BCUT2D eigenvalue weighted by Crippen LogP contribution is -2.40. The zero-order chi connectivity index (χ0) is 16.7. The average Bonchev–Trinajstić information content (AvgIpc) is 2.54. The standard InChI is InChI=1S/C17H16Cl2N2O2/c18-14-6-3-4-12(10-14)8-9-20-16(22)17(23)21-11-13-5-1-2-7-15(13)19/h1-7,10H,8-9,11H2,(H,20,22)(H,21,23). The molecule has 120 valence electrons. The molecule has 2 amide bonds. The van der Waals surface area contributed by atoms with Crippen molar-refractivity contribution in [2.45, 2.75) is 13.0 Å². The highest BCUT2D eigenvalue weighted by Gasteiger charge is 2.12. The van der Waals surface area contributed by atoms with E-state index in [0.717, 1.165) is 11.1 Å². The number of nitrogens with one attached hydrogen (secondary N) is 2. The van der Waals surface area contributed by atoms with E-state index >= 15 is 0 Å². The van der Waals surface area contributed by atoms with Gasteiger partial charge in [-0.05, 0) is 35.7 Å². The van der Waals surface area contributed by atoms with Gasteiger partial charge in [-0.2, -0.15) is 0 Å². The highest BCUT2D eigenvalue weighted by molar-refractivity contribution is 6.35. The van der Waals surface area contributed by atoms with Gasteiger partial charge in [-0.1, -0.05) is 53.5 Å². The van der Waals surface area contributed by atoms with Gasteiger partial charge in [0, 0.05) is 23.1 Å². The molecule has 0 aromatic heterocycles. The number of hydrogen-bond acceptors (Lipinski definition) is 2. The molecule has 0 radical (unpaired) electrons. The Balaban J connectivity index is 1.75. The molecule has 2 rings (SSSR count). The molecule has 2 N–H and O–H groups in total. The summed E-state index contributed by atoms with van der Waals surface area (Å²) in [6.07, 6.45) is 0.601. The van der Waals surface area contributed by atoms with Crippen LogP contribution in [-0.2, 0) is 22.6 Å². The quantitative estimate of drug-likeness (QED) is 0.814. The molecule has 2 aromatic rings. The molecule has 0 unspecified atom stereocenters. The summed E-state index contributed by atoms with van der Waals surface area (Å²) in [4.78, 5) is 23.5. The van der Waals surface area contributed by atoms with Gasteiger partial charge >= 0.3 is 11.8 Å². The second-order valence-electron chi connectivity index (χ2n) is 4.91. The lowest BCUT2D eigenvalue weighted by molar-refractivity contribution is -0.139. The lowest BCUT2D eigenvalue weighted by atomic mass is 10.1. The second-order valence-corrected chi connectivity index (χ2v) is 5.75. The first-order valence-corrected chi connectivity index (χ1v) is 7.86. The molecule has 2 aromatic carbocycles. The number of benzene rings is 2. The van der Waals surface area contributed by atoms with Crippen LogP contribution in [0.4, 0.5) is 0 Å². The number of carbonyl (C=O) groups excluding carboxylic acids is 2. The molecule has 4 nitrogen and oxygen atoms in total. The van der Waals surface area contributed by atoms with Crippen LogP contribution in [0.5, 0.6) is 0 Å². The molecule has 0 saturated carbocycles. The number of rotatable bonds is 5. The highest BCUT2D eigenvalue weighted by Crippen LogP contribution is 2.14. The third-order valence-corrected chi connectivity index (χ3v) is 3.80. The van der Waals surface area contributed by atoms with Crippen LogP contribution in [0.2, 0.25) is 10.0 Å². The largest absolute Gasteiger partial charge is 0.348 e. The van der Waals surface area contributed by atoms with Crippen LogP contribution in [0.15, 0.2) is 48.5 Å². The molecule has 0 aliphatic rings. The van der Waals surface area contributed by atoms with Gasteiger partial charge in [0.2, 0.25) is 0 Å². The summed E-state index contributed by atoms with van der Waals surface area (Å²) < 4.78 is 0. The summed E-state index contributed by atoms with van der Waals surface area (Å²) in [5.41, 5.74) is 1.75. The Hall–Kier alpha value is -2.04. The van der Waals surface area contributed by atoms with Gasteiger partial charge in [0.25, 0.3) is 0 Å². The lowest BCUT2D eigenvalue weighted by Gasteiger charge is -2.08. The van der Waals surface area contributed by atoms with Gasteiger partial charge in [0.05, 0.1) is 0 Å². The van der Waals surface area contributed by atoms with Crippen molar-refractivity contribution >= 4 is 35.0 Å². The molecule has 0 aliphatic carbocycles.